The Hall–Kier alpha value is -1.87. The van der Waals surface area contributed by atoms with Gasteiger partial charge in [0.1, 0.15) is 0 Å². The van der Waals surface area contributed by atoms with Gasteiger partial charge in [0.2, 0.25) is 0 Å². The SMILES string of the molecule is CN1C(=O)C(c2ccc(-c3ccccc3)cc2)=C(CBr)C12CCCCC2. The lowest BCUT2D eigenvalue weighted by atomic mass is 9.76. The van der Waals surface area contributed by atoms with E-state index in [1.54, 1.807) is 0 Å². The number of halogens is 1. The maximum atomic E-state index is 13.2. The summed E-state index contributed by atoms with van der Waals surface area (Å²) in [6.45, 7) is 0. The van der Waals surface area contributed by atoms with Gasteiger partial charge >= 0.3 is 0 Å². The molecule has 0 aromatic heterocycles. The summed E-state index contributed by atoms with van der Waals surface area (Å²) in [6.07, 6.45) is 5.85. The van der Waals surface area contributed by atoms with E-state index in [0.29, 0.717) is 0 Å². The number of benzene rings is 2. The molecule has 1 spiro atoms. The molecule has 2 aliphatic rings. The van der Waals surface area contributed by atoms with Gasteiger partial charge in [-0.2, -0.15) is 0 Å². The number of alkyl halides is 1. The van der Waals surface area contributed by atoms with Gasteiger partial charge in [-0.3, -0.25) is 4.79 Å². The number of hydrogen-bond acceptors (Lipinski definition) is 1. The van der Waals surface area contributed by atoms with Crippen molar-refractivity contribution in [1.29, 1.82) is 0 Å². The van der Waals surface area contributed by atoms with E-state index in [-0.39, 0.29) is 11.4 Å². The average Bonchev–Trinajstić information content (AvgIpc) is 2.91. The summed E-state index contributed by atoms with van der Waals surface area (Å²) < 4.78 is 0. The standard InChI is InChI=1S/C23H24BrNO/c1-25-22(26)21(20(16-24)23(25)14-6-3-7-15-23)19-12-10-18(11-13-19)17-8-4-2-5-9-17/h2,4-5,8-13H,3,6-7,14-16H2,1H3. The normalized spacial score (nSPS) is 19.5. The van der Waals surface area contributed by atoms with E-state index in [1.807, 2.05) is 18.0 Å². The number of likely N-dealkylation sites (N-methyl/N-ethyl adjacent to an activating group) is 1. The molecule has 2 nitrogen and oxygen atoms in total. The predicted octanol–water partition coefficient (Wildman–Crippen LogP) is 5.68. The Labute approximate surface area is 164 Å². The van der Waals surface area contributed by atoms with Crippen LogP contribution in [0.4, 0.5) is 0 Å². The molecule has 0 radical (unpaired) electrons. The Kier molecular flexibility index (Phi) is 4.74. The monoisotopic (exact) mass is 409 g/mol. The highest BCUT2D eigenvalue weighted by molar-refractivity contribution is 9.09. The van der Waals surface area contributed by atoms with Crippen LogP contribution >= 0.6 is 15.9 Å². The molecule has 1 aliphatic carbocycles. The average molecular weight is 410 g/mol. The number of rotatable bonds is 3. The van der Waals surface area contributed by atoms with E-state index in [4.69, 9.17) is 0 Å². The quantitative estimate of drug-likeness (QED) is 0.597. The van der Waals surface area contributed by atoms with Crippen molar-refractivity contribution in [2.45, 2.75) is 37.6 Å². The van der Waals surface area contributed by atoms with E-state index in [9.17, 15) is 4.79 Å². The molecule has 0 saturated heterocycles. The number of carbonyl (C=O) groups excluding carboxylic acids is 1. The highest BCUT2D eigenvalue weighted by Crippen LogP contribution is 2.48. The second-order valence-corrected chi connectivity index (χ2v) is 7.95. The minimum Gasteiger partial charge on any atom is -0.332 e. The molecule has 2 aromatic rings. The lowest BCUT2D eigenvalue weighted by molar-refractivity contribution is -0.127. The smallest absolute Gasteiger partial charge is 0.254 e. The van der Waals surface area contributed by atoms with Gasteiger partial charge in [0.25, 0.3) is 5.91 Å². The molecule has 2 aromatic carbocycles. The minimum atomic E-state index is -0.0771. The van der Waals surface area contributed by atoms with Gasteiger partial charge in [0.15, 0.2) is 0 Å². The highest BCUT2D eigenvalue weighted by atomic mass is 79.9. The Morgan fingerprint density at radius 2 is 1.46 bits per heavy atom. The lowest BCUT2D eigenvalue weighted by Gasteiger charge is -2.41. The molecule has 0 unspecified atom stereocenters. The van der Waals surface area contributed by atoms with Crippen LogP contribution in [0.5, 0.6) is 0 Å². The van der Waals surface area contributed by atoms with Crippen LogP contribution in [-0.2, 0) is 4.79 Å². The fraction of sp³-hybridized carbons (Fsp3) is 0.348. The first-order valence-electron chi connectivity index (χ1n) is 9.41. The zero-order valence-corrected chi connectivity index (χ0v) is 16.8. The van der Waals surface area contributed by atoms with Crippen LogP contribution < -0.4 is 0 Å². The van der Waals surface area contributed by atoms with E-state index >= 15 is 0 Å². The van der Waals surface area contributed by atoms with Gasteiger partial charge in [0.05, 0.1) is 5.54 Å². The summed E-state index contributed by atoms with van der Waals surface area (Å²) in [4.78, 5) is 15.2. The van der Waals surface area contributed by atoms with E-state index in [2.05, 4.69) is 64.5 Å². The van der Waals surface area contributed by atoms with Crippen molar-refractivity contribution in [3.8, 4) is 11.1 Å². The zero-order valence-electron chi connectivity index (χ0n) is 15.2. The first-order valence-corrected chi connectivity index (χ1v) is 10.5. The Morgan fingerprint density at radius 1 is 0.885 bits per heavy atom. The maximum Gasteiger partial charge on any atom is 0.254 e. The summed E-state index contributed by atoms with van der Waals surface area (Å²) in [5, 5.41) is 0.763. The Balaban J connectivity index is 1.75. The third-order valence-corrected chi connectivity index (χ3v) is 6.68. The molecule has 4 rings (SSSR count). The number of amides is 1. The molecule has 1 saturated carbocycles. The van der Waals surface area contributed by atoms with Gasteiger partial charge < -0.3 is 4.90 Å². The summed E-state index contributed by atoms with van der Waals surface area (Å²) in [5.41, 5.74) is 5.53. The van der Waals surface area contributed by atoms with Crippen LogP contribution in [-0.4, -0.2) is 28.7 Å². The van der Waals surface area contributed by atoms with Crippen LogP contribution in [0.25, 0.3) is 16.7 Å². The third kappa shape index (κ3) is 2.73. The van der Waals surface area contributed by atoms with Crippen molar-refractivity contribution in [2.75, 3.05) is 12.4 Å². The van der Waals surface area contributed by atoms with E-state index in [1.165, 1.54) is 36.0 Å². The summed E-state index contributed by atoms with van der Waals surface area (Å²) in [5.74, 6) is 0.175. The molecule has 3 heteroatoms. The van der Waals surface area contributed by atoms with Gasteiger partial charge in [0, 0.05) is 18.0 Å². The lowest BCUT2D eigenvalue weighted by Crippen LogP contribution is -2.47. The fourth-order valence-corrected chi connectivity index (χ4v) is 5.45. The molecule has 0 bridgehead atoms. The summed E-state index contributed by atoms with van der Waals surface area (Å²) >= 11 is 3.69. The Bertz CT molecular complexity index is 832. The second kappa shape index (κ2) is 7.03. The number of hydrogen-bond donors (Lipinski definition) is 0. The first kappa shape index (κ1) is 17.5. The van der Waals surface area contributed by atoms with Crippen molar-refractivity contribution < 1.29 is 4.79 Å². The van der Waals surface area contributed by atoms with Crippen LogP contribution in [0.2, 0.25) is 0 Å². The van der Waals surface area contributed by atoms with Crippen molar-refractivity contribution in [1.82, 2.24) is 4.90 Å². The largest absolute Gasteiger partial charge is 0.332 e. The Morgan fingerprint density at radius 3 is 2.08 bits per heavy atom. The third-order valence-electron chi connectivity index (χ3n) is 6.12. The van der Waals surface area contributed by atoms with Crippen LogP contribution in [0, 0.1) is 0 Å². The fourth-order valence-electron chi connectivity index (χ4n) is 4.65. The summed E-state index contributed by atoms with van der Waals surface area (Å²) in [6, 6.07) is 18.8. The van der Waals surface area contributed by atoms with Gasteiger partial charge in [-0.1, -0.05) is 89.8 Å². The summed E-state index contributed by atoms with van der Waals surface area (Å²) in [7, 11) is 1.99. The van der Waals surface area contributed by atoms with Crippen molar-refractivity contribution >= 4 is 27.4 Å². The van der Waals surface area contributed by atoms with Crippen molar-refractivity contribution in [2.24, 2.45) is 0 Å². The number of carbonyl (C=O) groups is 1. The van der Waals surface area contributed by atoms with Gasteiger partial charge in [-0.15, -0.1) is 0 Å². The van der Waals surface area contributed by atoms with Crippen LogP contribution in [0.3, 0.4) is 0 Å². The van der Waals surface area contributed by atoms with E-state index < -0.39 is 0 Å². The van der Waals surface area contributed by atoms with Gasteiger partial charge in [-0.05, 0) is 35.1 Å². The molecule has 134 valence electrons. The highest BCUT2D eigenvalue weighted by Gasteiger charge is 2.49. The van der Waals surface area contributed by atoms with Crippen LogP contribution in [0.15, 0.2) is 60.2 Å². The molecule has 1 aliphatic heterocycles. The maximum absolute atomic E-state index is 13.2. The van der Waals surface area contributed by atoms with Crippen LogP contribution in [0.1, 0.15) is 37.7 Å². The molecular formula is C23H24BrNO. The van der Waals surface area contributed by atoms with Crippen molar-refractivity contribution in [3.05, 3.63) is 65.7 Å². The first-order chi connectivity index (χ1) is 12.7. The van der Waals surface area contributed by atoms with Crippen molar-refractivity contribution in [3.63, 3.8) is 0 Å². The van der Waals surface area contributed by atoms with E-state index in [0.717, 1.165) is 29.3 Å². The molecule has 1 amide bonds. The minimum absolute atomic E-state index is 0.0771. The molecule has 1 fully saturated rings. The molecular weight excluding hydrogens is 386 g/mol. The zero-order chi connectivity index (χ0) is 18.1. The molecule has 0 N–H and O–H groups in total. The second-order valence-electron chi connectivity index (χ2n) is 7.39. The topological polar surface area (TPSA) is 20.3 Å². The predicted molar refractivity (Wildman–Crippen MR) is 111 cm³/mol. The molecule has 26 heavy (non-hydrogen) atoms. The molecule has 0 atom stereocenters. The van der Waals surface area contributed by atoms with Gasteiger partial charge in [-0.25, -0.2) is 0 Å². The molecule has 1 heterocycles. The number of nitrogens with zero attached hydrogens (tertiary/aromatic N) is 1.